The molecular formula is C10H16N4. The van der Waals surface area contributed by atoms with E-state index < -0.39 is 0 Å². The third kappa shape index (κ3) is 1.10. The van der Waals surface area contributed by atoms with E-state index in [4.69, 9.17) is 5.73 Å². The van der Waals surface area contributed by atoms with Crippen LogP contribution in [0.3, 0.4) is 0 Å². The summed E-state index contributed by atoms with van der Waals surface area (Å²) in [6.45, 7) is 1.07. The highest BCUT2D eigenvalue weighted by atomic mass is 15.3. The van der Waals surface area contributed by atoms with Crippen molar-refractivity contribution in [3.05, 3.63) is 11.6 Å². The summed E-state index contributed by atoms with van der Waals surface area (Å²) >= 11 is 0. The van der Waals surface area contributed by atoms with Gasteiger partial charge < -0.3 is 10.3 Å². The smallest absolute Gasteiger partial charge is 0.149 e. The molecule has 1 aliphatic heterocycles. The largest absolute Gasteiger partial charge is 0.321 e. The molecule has 1 aromatic heterocycles. The highest BCUT2D eigenvalue weighted by Crippen LogP contribution is 2.37. The molecule has 0 radical (unpaired) electrons. The van der Waals surface area contributed by atoms with Crippen LogP contribution in [-0.4, -0.2) is 14.8 Å². The lowest BCUT2D eigenvalue weighted by molar-refractivity contribution is 0.367. The molecule has 0 bridgehead atoms. The van der Waals surface area contributed by atoms with Gasteiger partial charge in [-0.1, -0.05) is 6.42 Å². The molecular weight excluding hydrogens is 176 g/mol. The molecule has 0 saturated heterocycles. The minimum Gasteiger partial charge on any atom is -0.321 e. The SMILES string of the molecule is NC1CCCn2c1nnc2C1CCC1. The molecule has 4 heteroatoms. The summed E-state index contributed by atoms with van der Waals surface area (Å²) in [5.74, 6) is 2.88. The molecule has 1 saturated carbocycles. The lowest BCUT2D eigenvalue weighted by atomic mass is 9.84. The Kier molecular flexibility index (Phi) is 1.83. The number of aromatic nitrogens is 3. The predicted octanol–water partition coefficient (Wildman–Crippen LogP) is 1.34. The van der Waals surface area contributed by atoms with E-state index in [1.54, 1.807) is 0 Å². The highest BCUT2D eigenvalue weighted by molar-refractivity contribution is 5.09. The average Bonchev–Trinajstić information content (AvgIpc) is 2.48. The Morgan fingerprint density at radius 1 is 1.07 bits per heavy atom. The Morgan fingerprint density at radius 2 is 1.86 bits per heavy atom. The fourth-order valence-electron chi connectivity index (χ4n) is 2.40. The fraction of sp³-hybridized carbons (Fsp3) is 0.800. The molecule has 1 aromatic rings. The second-order valence-corrected chi connectivity index (χ2v) is 4.44. The topological polar surface area (TPSA) is 56.7 Å². The summed E-state index contributed by atoms with van der Waals surface area (Å²) in [5.41, 5.74) is 6.00. The first-order valence-corrected chi connectivity index (χ1v) is 5.55. The second kappa shape index (κ2) is 3.05. The van der Waals surface area contributed by atoms with Crippen molar-refractivity contribution in [3.8, 4) is 0 Å². The molecule has 4 nitrogen and oxygen atoms in total. The molecule has 0 aromatic carbocycles. The maximum absolute atomic E-state index is 6.00. The van der Waals surface area contributed by atoms with Crippen LogP contribution >= 0.6 is 0 Å². The second-order valence-electron chi connectivity index (χ2n) is 4.44. The van der Waals surface area contributed by atoms with E-state index in [-0.39, 0.29) is 6.04 Å². The lowest BCUT2D eigenvalue weighted by Crippen LogP contribution is -2.25. The van der Waals surface area contributed by atoms with Crippen LogP contribution in [0.1, 0.15) is 55.7 Å². The minimum atomic E-state index is 0.116. The van der Waals surface area contributed by atoms with Gasteiger partial charge in [0, 0.05) is 12.5 Å². The van der Waals surface area contributed by atoms with Crippen molar-refractivity contribution in [1.29, 1.82) is 0 Å². The van der Waals surface area contributed by atoms with Crippen LogP contribution in [0.2, 0.25) is 0 Å². The molecule has 0 spiro atoms. The molecule has 1 unspecified atom stereocenters. The number of fused-ring (bicyclic) bond motifs is 1. The Balaban J connectivity index is 1.97. The molecule has 1 aliphatic carbocycles. The molecule has 2 N–H and O–H groups in total. The summed E-state index contributed by atoms with van der Waals surface area (Å²) < 4.78 is 2.26. The fourth-order valence-corrected chi connectivity index (χ4v) is 2.40. The Bertz CT molecular complexity index is 340. The van der Waals surface area contributed by atoms with Crippen molar-refractivity contribution in [1.82, 2.24) is 14.8 Å². The first-order valence-electron chi connectivity index (χ1n) is 5.55. The van der Waals surface area contributed by atoms with E-state index >= 15 is 0 Å². The zero-order chi connectivity index (χ0) is 9.54. The molecule has 2 heterocycles. The van der Waals surface area contributed by atoms with Crippen LogP contribution in [0, 0.1) is 0 Å². The number of rotatable bonds is 1. The zero-order valence-corrected chi connectivity index (χ0v) is 8.32. The van der Waals surface area contributed by atoms with Gasteiger partial charge in [0.05, 0.1) is 6.04 Å². The Labute approximate surface area is 83.5 Å². The van der Waals surface area contributed by atoms with Crippen molar-refractivity contribution >= 4 is 0 Å². The summed E-state index contributed by atoms with van der Waals surface area (Å²) in [5, 5.41) is 8.53. The summed E-state index contributed by atoms with van der Waals surface area (Å²) in [6.07, 6.45) is 6.15. The first kappa shape index (κ1) is 8.41. The third-order valence-corrected chi connectivity index (χ3v) is 3.51. The van der Waals surface area contributed by atoms with Gasteiger partial charge in [0.2, 0.25) is 0 Å². The van der Waals surface area contributed by atoms with Crippen LogP contribution in [-0.2, 0) is 6.54 Å². The normalized spacial score (nSPS) is 27.1. The summed E-state index contributed by atoms with van der Waals surface area (Å²) in [6, 6.07) is 0.116. The van der Waals surface area contributed by atoms with Gasteiger partial charge in [-0.2, -0.15) is 0 Å². The van der Waals surface area contributed by atoms with E-state index in [2.05, 4.69) is 14.8 Å². The van der Waals surface area contributed by atoms with E-state index in [1.807, 2.05) is 0 Å². The monoisotopic (exact) mass is 192 g/mol. The van der Waals surface area contributed by atoms with Gasteiger partial charge in [0.1, 0.15) is 11.6 Å². The van der Waals surface area contributed by atoms with Crippen molar-refractivity contribution < 1.29 is 0 Å². The summed E-state index contributed by atoms with van der Waals surface area (Å²) in [7, 11) is 0. The highest BCUT2D eigenvalue weighted by Gasteiger charge is 2.29. The number of nitrogens with two attached hydrogens (primary N) is 1. The van der Waals surface area contributed by atoms with Crippen LogP contribution in [0.4, 0.5) is 0 Å². The quantitative estimate of drug-likeness (QED) is 0.730. The van der Waals surface area contributed by atoms with E-state index in [0.717, 1.165) is 18.8 Å². The van der Waals surface area contributed by atoms with Crippen LogP contribution < -0.4 is 5.73 Å². The lowest BCUT2D eigenvalue weighted by Gasteiger charge is -2.27. The van der Waals surface area contributed by atoms with Crippen LogP contribution in [0.15, 0.2) is 0 Å². The van der Waals surface area contributed by atoms with Crippen molar-refractivity contribution in [2.75, 3.05) is 0 Å². The van der Waals surface area contributed by atoms with E-state index in [0.29, 0.717) is 5.92 Å². The van der Waals surface area contributed by atoms with Crippen molar-refractivity contribution in [2.24, 2.45) is 5.73 Å². The van der Waals surface area contributed by atoms with Crippen molar-refractivity contribution in [2.45, 2.75) is 50.6 Å². The van der Waals surface area contributed by atoms with Gasteiger partial charge >= 0.3 is 0 Å². The first-order chi connectivity index (χ1) is 6.86. The Hall–Kier alpha value is -0.900. The summed E-state index contributed by atoms with van der Waals surface area (Å²) in [4.78, 5) is 0. The zero-order valence-electron chi connectivity index (χ0n) is 8.32. The molecule has 1 fully saturated rings. The standard InChI is InChI=1S/C10H16N4/c11-8-5-2-6-14-9(7-3-1-4-7)12-13-10(8)14/h7-8H,1-6,11H2. The molecule has 76 valence electrons. The number of hydrogen-bond acceptors (Lipinski definition) is 3. The van der Waals surface area contributed by atoms with Crippen LogP contribution in [0.25, 0.3) is 0 Å². The van der Waals surface area contributed by atoms with Crippen LogP contribution in [0.5, 0.6) is 0 Å². The number of nitrogens with zero attached hydrogens (tertiary/aromatic N) is 3. The molecule has 14 heavy (non-hydrogen) atoms. The van der Waals surface area contributed by atoms with E-state index in [9.17, 15) is 0 Å². The minimum absolute atomic E-state index is 0.116. The maximum atomic E-state index is 6.00. The predicted molar refractivity (Wildman–Crippen MR) is 52.8 cm³/mol. The van der Waals surface area contributed by atoms with Crippen molar-refractivity contribution in [3.63, 3.8) is 0 Å². The average molecular weight is 192 g/mol. The van der Waals surface area contributed by atoms with Gasteiger partial charge in [-0.05, 0) is 25.7 Å². The van der Waals surface area contributed by atoms with E-state index in [1.165, 1.54) is 31.5 Å². The molecule has 3 rings (SSSR count). The molecule has 1 atom stereocenters. The third-order valence-electron chi connectivity index (χ3n) is 3.51. The van der Waals surface area contributed by atoms with Gasteiger partial charge in [-0.25, -0.2) is 0 Å². The maximum Gasteiger partial charge on any atom is 0.149 e. The Morgan fingerprint density at radius 3 is 2.57 bits per heavy atom. The molecule has 2 aliphatic rings. The van der Waals surface area contributed by atoms with Gasteiger partial charge in [-0.15, -0.1) is 10.2 Å². The van der Waals surface area contributed by atoms with Gasteiger partial charge in [0.15, 0.2) is 0 Å². The molecule has 0 amide bonds. The number of hydrogen-bond donors (Lipinski definition) is 1. The van der Waals surface area contributed by atoms with Gasteiger partial charge in [-0.3, -0.25) is 0 Å². The van der Waals surface area contributed by atoms with Gasteiger partial charge in [0.25, 0.3) is 0 Å².